The highest BCUT2D eigenvalue weighted by atomic mass is 19.4. The molecule has 2 rings (SSSR count). The number of halogens is 3. The highest BCUT2D eigenvalue weighted by Crippen LogP contribution is 2.20. The van der Waals surface area contributed by atoms with Gasteiger partial charge in [0.25, 0.3) is 0 Å². The third kappa shape index (κ3) is 5.49. The van der Waals surface area contributed by atoms with Gasteiger partial charge in [0.2, 0.25) is 5.91 Å². The summed E-state index contributed by atoms with van der Waals surface area (Å²) >= 11 is 0. The zero-order valence-corrected chi connectivity index (χ0v) is 13.2. The summed E-state index contributed by atoms with van der Waals surface area (Å²) in [5.41, 5.74) is 2.08. The first-order chi connectivity index (χ1) is 11.8. The number of carbonyl (C=O) groups is 2. The summed E-state index contributed by atoms with van der Waals surface area (Å²) in [6.45, 7) is 1.91. The van der Waals surface area contributed by atoms with Gasteiger partial charge in [-0.3, -0.25) is 9.59 Å². The number of rotatable bonds is 4. The normalized spacial score (nSPS) is 11.4. The summed E-state index contributed by atoms with van der Waals surface area (Å²) in [4.78, 5) is 22.8. The van der Waals surface area contributed by atoms with Crippen LogP contribution in [0.4, 0.5) is 24.5 Å². The van der Waals surface area contributed by atoms with Crippen molar-refractivity contribution in [2.24, 2.45) is 0 Å². The Balaban J connectivity index is 2.03. The molecule has 4 nitrogen and oxygen atoms in total. The van der Waals surface area contributed by atoms with E-state index < -0.39 is 18.0 Å². The van der Waals surface area contributed by atoms with E-state index in [2.05, 4.69) is 5.32 Å². The second kappa shape index (κ2) is 7.65. The maximum atomic E-state index is 12.2. The van der Waals surface area contributed by atoms with E-state index in [0.29, 0.717) is 0 Å². The zero-order valence-electron chi connectivity index (χ0n) is 13.2. The predicted octanol–water partition coefficient (Wildman–Crippen LogP) is 4.15. The first kappa shape index (κ1) is 18.3. The summed E-state index contributed by atoms with van der Waals surface area (Å²) in [5.74, 6) is -2.52. The minimum atomic E-state index is -4.98. The fourth-order valence-electron chi connectivity index (χ4n) is 2.00. The van der Waals surface area contributed by atoms with Gasteiger partial charge in [0.15, 0.2) is 0 Å². The predicted molar refractivity (Wildman–Crippen MR) is 90.0 cm³/mol. The molecule has 0 aliphatic heterocycles. The topological polar surface area (TPSA) is 58.2 Å². The maximum absolute atomic E-state index is 12.2. The van der Waals surface area contributed by atoms with Gasteiger partial charge in [-0.25, -0.2) is 0 Å². The highest BCUT2D eigenvalue weighted by molar-refractivity contribution is 6.02. The van der Waals surface area contributed by atoms with Gasteiger partial charge in [-0.2, -0.15) is 13.2 Å². The van der Waals surface area contributed by atoms with Crippen LogP contribution in [0, 0.1) is 6.92 Å². The van der Waals surface area contributed by atoms with Crippen LogP contribution < -0.4 is 10.6 Å². The largest absolute Gasteiger partial charge is 0.471 e. The average Bonchev–Trinajstić information content (AvgIpc) is 2.53. The maximum Gasteiger partial charge on any atom is 0.471 e. The molecule has 0 atom stereocenters. The number of anilines is 2. The minimum absolute atomic E-state index is 0.0667. The van der Waals surface area contributed by atoms with Gasteiger partial charge in [0, 0.05) is 17.5 Å². The molecule has 2 aromatic carbocycles. The lowest BCUT2D eigenvalue weighted by molar-refractivity contribution is -0.167. The molecule has 0 aliphatic carbocycles. The van der Waals surface area contributed by atoms with Crippen molar-refractivity contribution in [3.8, 4) is 0 Å². The SMILES string of the molecule is Cc1ccccc1/C=C/C(=O)Nc1cccc(NC(=O)C(F)(F)F)c1. The Hall–Kier alpha value is -3.09. The van der Waals surface area contributed by atoms with Crippen LogP contribution in [0.2, 0.25) is 0 Å². The second-order valence-electron chi connectivity index (χ2n) is 5.21. The number of aryl methyl sites for hydroxylation is 1. The zero-order chi connectivity index (χ0) is 18.4. The summed E-state index contributed by atoms with van der Waals surface area (Å²) in [5, 5.41) is 4.25. The Kier molecular flexibility index (Phi) is 5.59. The van der Waals surface area contributed by atoms with E-state index in [1.54, 1.807) is 11.4 Å². The molecule has 0 saturated heterocycles. The van der Waals surface area contributed by atoms with Crippen molar-refractivity contribution >= 4 is 29.3 Å². The number of hydrogen-bond acceptors (Lipinski definition) is 2. The van der Waals surface area contributed by atoms with Crippen LogP contribution in [0.1, 0.15) is 11.1 Å². The number of alkyl halides is 3. The summed E-state index contributed by atoms with van der Waals surface area (Å²) in [6.07, 6.45) is -2.02. The molecule has 0 unspecified atom stereocenters. The van der Waals surface area contributed by atoms with Crippen LogP contribution >= 0.6 is 0 Å². The fraction of sp³-hybridized carbons (Fsp3) is 0.111. The van der Waals surface area contributed by atoms with Crippen molar-refractivity contribution < 1.29 is 22.8 Å². The van der Waals surface area contributed by atoms with Crippen LogP contribution in [-0.4, -0.2) is 18.0 Å². The Labute approximate surface area is 142 Å². The standard InChI is InChI=1S/C18H15F3N2O2/c1-12-5-2-3-6-13(12)9-10-16(24)22-14-7-4-8-15(11-14)23-17(25)18(19,20)21/h2-11H,1H3,(H,22,24)(H,23,25)/b10-9+. The quantitative estimate of drug-likeness (QED) is 0.816. The smallest absolute Gasteiger partial charge is 0.322 e. The van der Waals surface area contributed by atoms with E-state index in [1.165, 1.54) is 30.3 Å². The van der Waals surface area contributed by atoms with Gasteiger partial charge >= 0.3 is 12.1 Å². The van der Waals surface area contributed by atoms with Gasteiger partial charge in [0.1, 0.15) is 0 Å². The van der Waals surface area contributed by atoms with Crippen molar-refractivity contribution in [1.29, 1.82) is 0 Å². The molecule has 0 fully saturated rings. The molecule has 2 amide bonds. The third-order valence-electron chi connectivity index (χ3n) is 3.25. The van der Waals surface area contributed by atoms with Crippen molar-refractivity contribution in [2.45, 2.75) is 13.1 Å². The molecule has 0 aliphatic rings. The van der Waals surface area contributed by atoms with Gasteiger partial charge in [-0.15, -0.1) is 0 Å². The number of hydrogen-bond donors (Lipinski definition) is 2. The number of carbonyl (C=O) groups excluding carboxylic acids is 2. The van der Waals surface area contributed by atoms with Gasteiger partial charge in [-0.1, -0.05) is 30.3 Å². The summed E-state index contributed by atoms with van der Waals surface area (Å²) < 4.78 is 36.7. The second-order valence-corrected chi connectivity index (χ2v) is 5.21. The molecule has 0 heterocycles. The number of amides is 2. The summed E-state index contributed by atoms with van der Waals surface area (Å²) in [7, 11) is 0. The molecular weight excluding hydrogens is 333 g/mol. The van der Waals surface area contributed by atoms with Gasteiger partial charge in [0.05, 0.1) is 0 Å². The van der Waals surface area contributed by atoms with E-state index in [4.69, 9.17) is 0 Å². The van der Waals surface area contributed by atoms with E-state index in [1.807, 2.05) is 31.2 Å². The van der Waals surface area contributed by atoms with Crippen molar-refractivity contribution in [3.63, 3.8) is 0 Å². The van der Waals surface area contributed by atoms with Gasteiger partial charge < -0.3 is 10.6 Å². The lowest BCUT2D eigenvalue weighted by Crippen LogP contribution is -2.29. The van der Waals surface area contributed by atoms with Crippen LogP contribution in [0.3, 0.4) is 0 Å². The van der Waals surface area contributed by atoms with E-state index in [0.717, 1.165) is 11.1 Å². The molecular formula is C18H15F3N2O2. The Bertz CT molecular complexity index is 814. The van der Waals surface area contributed by atoms with E-state index in [9.17, 15) is 22.8 Å². The van der Waals surface area contributed by atoms with E-state index in [-0.39, 0.29) is 11.4 Å². The van der Waals surface area contributed by atoms with Gasteiger partial charge in [-0.05, 0) is 42.3 Å². The number of nitrogens with one attached hydrogen (secondary N) is 2. The molecule has 0 spiro atoms. The Morgan fingerprint density at radius 3 is 2.24 bits per heavy atom. The fourth-order valence-corrected chi connectivity index (χ4v) is 2.00. The van der Waals surface area contributed by atoms with Crippen molar-refractivity contribution in [3.05, 3.63) is 65.7 Å². The number of benzene rings is 2. The molecule has 25 heavy (non-hydrogen) atoms. The Morgan fingerprint density at radius 1 is 0.960 bits per heavy atom. The first-order valence-corrected chi connectivity index (χ1v) is 7.28. The molecule has 2 N–H and O–H groups in total. The average molecular weight is 348 g/mol. The highest BCUT2D eigenvalue weighted by Gasteiger charge is 2.38. The Morgan fingerprint density at radius 2 is 1.60 bits per heavy atom. The molecule has 2 aromatic rings. The molecule has 0 aromatic heterocycles. The molecule has 7 heteroatoms. The first-order valence-electron chi connectivity index (χ1n) is 7.28. The third-order valence-corrected chi connectivity index (χ3v) is 3.25. The molecule has 130 valence electrons. The lowest BCUT2D eigenvalue weighted by atomic mass is 10.1. The van der Waals surface area contributed by atoms with Crippen molar-refractivity contribution in [2.75, 3.05) is 10.6 Å². The monoisotopic (exact) mass is 348 g/mol. The van der Waals surface area contributed by atoms with Crippen LogP contribution in [0.5, 0.6) is 0 Å². The van der Waals surface area contributed by atoms with E-state index >= 15 is 0 Å². The summed E-state index contributed by atoms with van der Waals surface area (Å²) in [6, 6.07) is 12.9. The molecule has 0 bridgehead atoms. The molecule has 0 saturated carbocycles. The van der Waals surface area contributed by atoms with Crippen LogP contribution in [0.25, 0.3) is 6.08 Å². The lowest BCUT2D eigenvalue weighted by Gasteiger charge is -2.09. The minimum Gasteiger partial charge on any atom is -0.322 e. The van der Waals surface area contributed by atoms with Crippen LogP contribution in [-0.2, 0) is 9.59 Å². The van der Waals surface area contributed by atoms with Crippen molar-refractivity contribution in [1.82, 2.24) is 0 Å². The molecule has 0 radical (unpaired) electrons. The van der Waals surface area contributed by atoms with Crippen LogP contribution in [0.15, 0.2) is 54.6 Å².